The number of pyridine rings is 1. The van der Waals surface area contributed by atoms with Gasteiger partial charge in [0.1, 0.15) is 11.5 Å². The van der Waals surface area contributed by atoms with Crippen LogP contribution in [0.1, 0.15) is 22.3 Å². The van der Waals surface area contributed by atoms with Gasteiger partial charge in [-0.1, -0.05) is 194 Å². The Balaban J connectivity index is 1.01. The van der Waals surface area contributed by atoms with Gasteiger partial charge in [0, 0.05) is 22.3 Å². The van der Waals surface area contributed by atoms with E-state index >= 15 is 0 Å². The van der Waals surface area contributed by atoms with Crippen LogP contribution >= 0.6 is 0 Å². The molecule has 1 aromatic heterocycles. The molecule has 0 unspecified atom stereocenters. The maximum atomic E-state index is 6.76. The highest BCUT2D eigenvalue weighted by Crippen LogP contribution is 2.62. The van der Waals surface area contributed by atoms with Crippen molar-refractivity contribution in [2.24, 2.45) is 0 Å². The first kappa shape index (κ1) is 35.8. The van der Waals surface area contributed by atoms with Crippen molar-refractivity contribution < 1.29 is 4.74 Å². The van der Waals surface area contributed by atoms with Crippen LogP contribution in [-0.4, -0.2) is 4.98 Å². The molecule has 1 spiro atoms. The van der Waals surface area contributed by atoms with Gasteiger partial charge in [-0.2, -0.15) is 0 Å². The minimum atomic E-state index is -0.526. The molecule has 10 aromatic rings. The first-order valence-corrected chi connectivity index (χ1v) is 21.3. The summed E-state index contributed by atoms with van der Waals surface area (Å²) in [5, 5.41) is 0. The zero-order valence-corrected chi connectivity index (χ0v) is 33.9. The molecule has 0 N–H and O–H groups in total. The van der Waals surface area contributed by atoms with Gasteiger partial charge in [0.25, 0.3) is 0 Å². The number of benzene rings is 9. The minimum Gasteiger partial charge on any atom is -0.457 e. The Morgan fingerprint density at radius 2 is 0.774 bits per heavy atom. The normalized spacial score (nSPS) is 12.8. The van der Waals surface area contributed by atoms with E-state index in [4.69, 9.17) is 9.72 Å². The molecule has 0 atom stereocenters. The number of nitrogens with zero attached hydrogens (tertiary/aromatic N) is 1. The van der Waals surface area contributed by atoms with Gasteiger partial charge in [-0.3, -0.25) is 0 Å². The molecule has 9 aromatic carbocycles. The van der Waals surface area contributed by atoms with E-state index in [2.05, 4.69) is 231 Å². The van der Waals surface area contributed by atoms with Gasteiger partial charge in [0.05, 0.1) is 16.8 Å². The van der Waals surface area contributed by atoms with Crippen LogP contribution in [0.4, 0.5) is 0 Å². The van der Waals surface area contributed by atoms with E-state index in [1.165, 1.54) is 33.4 Å². The average molecular weight is 790 g/mol. The Bertz CT molecular complexity index is 3210. The Labute approximate surface area is 362 Å². The second-order valence-corrected chi connectivity index (χ2v) is 16.2. The number of ether oxygens (including phenoxy) is 1. The number of para-hydroxylation sites is 1. The highest BCUT2D eigenvalue weighted by atomic mass is 16.5. The molecule has 1 aliphatic carbocycles. The molecule has 0 amide bonds. The van der Waals surface area contributed by atoms with Crippen molar-refractivity contribution in [1.29, 1.82) is 0 Å². The van der Waals surface area contributed by atoms with E-state index in [0.717, 1.165) is 78.5 Å². The minimum absolute atomic E-state index is 0.526. The first-order valence-electron chi connectivity index (χ1n) is 21.3. The summed E-state index contributed by atoms with van der Waals surface area (Å²) in [6, 6.07) is 85.1. The number of aromatic nitrogens is 1. The van der Waals surface area contributed by atoms with Gasteiger partial charge in [-0.25, -0.2) is 4.98 Å². The molecule has 0 saturated heterocycles. The fraction of sp³-hybridized carbons (Fsp3) is 0.0167. The van der Waals surface area contributed by atoms with E-state index in [1.807, 2.05) is 6.07 Å². The molecule has 2 heterocycles. The Kier molecular flexibility index (Phi) is 8.43. The summed E-state index contributed by atoms with van der Waals surface area (Å²) in [6.45, 7) is 0. The molecule has 0 saturated carbocycles. The van der Waals surface area contributed by atoms with Gasteiger partial charge in [0.2, 0.25) is 0 Å². The second-order valence-electron chi connectivity index (χ2n) is 16.2. The maximum absolute atomic E-state index is 6.76. The molecular weight excluding hydrogens is 751 g/mol. The lowest BCUT2D eigenvalue weighted by atomic mass is 9.66. The second kappa shape index (κ2) is 14.6. The molecular formula is C60H39NO. The van der Waals surface area contributed by atoms with Crippen LogP contribution in [0.25, 0.3) is 78.1 Å². The number of hydrogen-bond acceptors (Lipinski definition) is 2. The van der Waals surface area contributed by atoms with Crippen molar-refractivity contribution in [1.82, 2.24) is 4.98 Å². The van der Waals surface area contributed by atoms with Gasteiger partial charge in [-0.15, -0.1) is 0 Å². The Morgan fingerprint density at radius 3 is 1.48 bits per heavy atom. The summed E-state index contributed by atoms with van der Waals surface area (Å²) < 4.78 is 6.76. The monoisotopic (exact) mass is 789 g/mol. The highest BCUT2D eigenvalue weighted by Gasteiger charge is 2.51. The fourth-order valence-corrected chi connectivity index (χ4v) is 9.95. The van der Waals surface area contributed by atoms with Crippen molar-refractivity contribution in [2.75, 3.05) is 0 Å². The summed E-state index contributed by atoms with van der Waals surface area (Å²) in [5.74, 6) is 1.78. The summed E-state index contributed by atoms with van der Waals surface area (Å²) in [7, 11) is 0. The third-order valence-electron chi connectivity index (χ3n) is 12.8. The molecule has 2 heteroatoms. The van der Waals surface area contributed by atoms with Gasteiger partial charge in [-0.05, 0) is 109 Å². The summed E-state index contributed by atoms with van der Waals surface area (Å²) >= 11 is 0. The van der Waals surface area contributed by atoms with Gasteiger partial charge < -0.3 is 4.74 Å². The predicted molar refractivity (Wildman–Crippen MR) is 254 cm³/mol. The van der Waals surface area contributed by atoms with Gasteiger partial charge in [0.15, 0.2) is 0 Å². The predicted octanol–water partition coefficient (Wildman–Crippen LogP) is 15.6. The lowest BCUT2D eigenvalue weighted by Gasteiger charge is -2.39. The molecule has 2 nitrogen and oxygen atoms in total. The van der Waals surface area contributed by atoms with Crippen molar-refractivity contribution in [3.63, 3.8) is 0 Å². The highest BCUT2D eigenvalue weighted by molar-refractivity contribution is 5.91. The smallest absolute Gasteiger partial charge is 0.132 e. The topological polar surface area (TPSA) is 22.1 Å². The maximum Gasteiger partial charge on any atom is 0.132 e. The number of rotatable bonds is 6. The summed E-state index contributed by atoms with van der Waals surface area (Å²) in [6.07, 6.45) is 0. The van der Waals surface area contributed by atoms with Crippen LogP contribution in [0.2, 0.25) is 0 Å². The van der Waals surface area contributed by atoms with E-state index in [0.29, 0.717) is 0 Å². The van der Waals surface area contributed by atoms with Crippen LogP contribution in [-0.2, 0) is 5.41 Å². The van der Waals surface area contributed by atoms with Crippen LogP contribution in [0.15, 0.2) is 237 Å². The molecule has 0 fully saturated rings. The Morgan fingerprint density at radius 1 is 0.258 bits per heavy atom. The summed E-state index contributed by atoms with van der Waals surface area (Å²) in [4.78, 5) is 5.27. The molecule has 1 aliphatic heterocycles. The largest absolute Gasteiger partial charge is 0.457 e. The van der Waals surface area contributed by atoms with E-state index in [9.17, 15) is 0 Å². The number of hydrogen-bond donors (Lipinski definition) is 0. The van der Waals surface area contributed by atoms with Crippen LogP contribution in [0.3, 0.4) is 0 Å². The van der Waals surface area contributed by atoms with Crippen LogP contribution in [0.5, 0.6) is 11.5 Å². The van der Waals surface area contributed by atoms with Crippen molar-refractivity contribution >= 4 is 0 Å². The van der Waals surface area contributed by atoms with Crippen molar-refractivity contribution in [3.8, 4) is 89.6 Å². The molecule has 290 valence electrons. The lowest BCUT2D eigenvalue weighted by molar-refractivity contribution is 0.436. The molecule has 12 rings (SSSR count). The molecule has 0 radical (unpaired) electrons. The van der Waals surface area contributed by atoms with Gasteiger partial charge >= 0.3 is 0 Å². The third kappa shape index (κ3) is 5.76. The average Bonchev–Trinajstić information content (AvgIpc) is 3.65. The Hall–Kier alpha value is -8.07. The van der Waals surface area contributed by atoms with E-state index < -0.39 is 5.41 Å². The van der Waals surface area contributed by atoms with E-state index in [-0.39, 0.29) is 0 Å². The fourth-order valence-electron chi connectivity index (χ4n) is 9.95. The molecule has 0 bridgehead atoms. The first-order chi connectivity index (χ1) is 30.7. The standard InChI is InChI=1S/C60H39NO/c1-4-17-40(18-5-1)47-38-56(42-21-8-3-9-22-42)61-57(39-47)46-24-16-23-45(35-46)48-33-31-43(36-51(48)41-19-6-2-7-20-41)44-32-34-59-55(37-44)60(54-29-14-15-30-58(54)62-59)52-27-12-10-25-49(52)50-26-11-13-28-53(50)60/h1-39H. The quantitative estimate of drug-likeness (QED) is 0.167. The summed E-state index contributed by atoms with van der Waals surface area (Å²) in [5.41, 5.74) is 20.2. The van der Waals surface area contributed by atoms with E-state index in [1.54, 1.807) is 0 Å². The number of fused-ring (bicyclic) bond motifs is 9. The molecule has 2 aliphatic rings. The zero-order valence-electron chi connectivity index (χ0n) is 33.9. The zero-order chi connectivity index (χ0) is 41.0. The van der Waals surface area contributed by atoms with Crippen LogP contribution < -0.4 is 4.74 Å². The van der Waals surface area contributed by atoms with Crippen molar-refractivity contribution in [3.05, 3.63) is 259 Å². The van der Waals surface area contributed by atoms with Crippen LogP contribution in [0, 0.1) is 0 Å². The van der Waals surface area contributed by atoms with Crippen molar-refractivity contribution in [2.45, 2.75) is 5.41 Å². The SMILES string of the molecule is c1ccc(-c2cc(-c3ccccc3)nc(-c3cccc(-c4ccc(-c5ccc6c(c5)C5(c7ccccc7O6)c6ccccc6-c6ccccc65)cc4-c4ccccc4)c3)c2)cc1. The third-order valence-corrected chi connectivity index (χ3v) is 12.8. The molecule has 62 heavy (non-hydrogen) atoms. The lowest BCUT2D eigenvalue weighted by Crippen LogP contribution is -2.32.